The highest BCUT2D eigenvalue weighted by atomic mass is 79.9. The Kier molecular flexibility index (Phi) is 3.01. The molecule has 4 nitrogen and oxygen atoms in total. The van der Waals surface area contributed by atoms with Crippen LogP contribution in [0.15, 0.2) is 33.5 Å². The van der Waals surface area contributed by atoms with E-state index in [-0.39, 0.29) is 5.56 Å². The lowest BCUT2D eigenvalue weighted by atomic mass is 10.1. The maximum atomic E-state index is 12.0. The molecular weight excluding hydrogens is 296 g/mol. The summed E-state index contributed by atoms with van der Waals surface area (Å²) in [5, 5.41) is 0. The third-order valence-corrected chi connectivity index (χ3v) is 3.42. The smallest absolute Gasteiger partial charge is 0.256 e. The van der Waals surface area contributed by atoms with Crippen LogP contribution in [0.1, 0.15) is 11.3 Å². The number of halogens is 1. The van der Waals surface area contributed by atoms with Crippen molar-refractivity contribution < 1.29 is 4.74 Å². The quantitative estimate of drug-likeness (QED) is 0.879. The highest BCUT2D eigenvalue weighted by molar-refractivity contribution is 9.10. The Hall–Kier alpha value is -1.46. The first kappa shape index (κ1) is 11.6. The molecule has 5 heteroatoms. The van der Waals surface area contributed by atoms with Gasteiger partial charge in [0.25, 0.3) is 5.56 Å². The van der Waals surface area contributed by atoms with Gasteiger partial charge in [0.2, 0.25) is 0 Å². The molecule has 0 spiro atoms. The molecule has 1 aliphatic rings. The number of ether oxygens (including phenoxy) is 1. The van der Waals surface area contributed by atoms with Crippen molar-refractivity contribution in [3.63, 3.8) is 0 Å². The summed E-state index contributed by atoms with van der Waals surface area (Å²) in [6.45, 7) is 0.984. The number of fused-ring (bicyclic) bond motifs is 1. The van der Waals surface area contributed by atoms with Gasteiger partial charge in [-0.05, 0) is 12.1 Å². The largest absolute Gasteiger partial charge is 0.376 e. The Morgan fingerprint density at radius 1 is 1.39 bits per heavy atom. The average molecular weight is 307 g/mol. The summed E-state index contributed by atoms with van der Waals surface area (Å²) < 4.78 is 6.24. The predicted octanol–water partition coefficient (Wildman–Crippen LogP) is 2.27. The van der Waals surface area contributed by atoms with Gasteiger partial charge in [-0.3, -0.25) is 4.79 Å². The molecule has 0 unspecified atom stereocenters. The molecule has 2 aromatic rings. The minimum Gasteiger partial charge on any atom is -0.376 e. The molecule has 2 heterocycles. The molecule has 92 valence electrons. The van der Waals surface area contributed by atoms with Crippen LogP contribution < -0.4 is 5.56 Å². The first-order valence-electron chi connectivity index (χ1n) is 5.70. The van der Waals surface area contributed by atoms with Crippen molar-refractivity contribution >= 4 is 15.9 Å². The van der Waals surface area contributed by atoms with E-state index in [9.17, 15) is 4.79 Å². The van der Waals surface area contributed by atoms with Crippen molar-refractivity contribution in [3.05, 3.63) is 50.3 Å². The van der Waals surface area contributed by atoms with E-state index in [1.165, 1.54) is 0 Å². The summed E-state index contributed by atoms with van der Waals surface area (Å²) in [6, 6.07) is 7.72. The number of aromatic amines is 1. The Balaban J connectivity index is 2.14. The van der Waals surface area contributed by atoms with E-state index in [2.05, 4.69) is 25.9 Å². The van der Waals surface area contributed by atoms with Gasteiger partial charge < -0.3 is 9.72 Å². The van der Waals surface area contributed by atoms with Crippen LogP contribution in [0, 0.1) is 0 Å². The van der Waals surface area contributed by atoms with Crippen LogP contribution in [0.4, 0.5) is 0 Å². The molecule has 0 bridgehead atoms. The van der Waals surface area contributed by atoms with Gasteiger partial charge in [0.15, 0.2) is 0 Å². The van der Waals surface area contributed by atoms with Crippen LogP contribution >= 0.6 is 15.9 Å². The summed E-state index contributed by atoms with van der Waals surface area (Å²) in [7, 11) is 0. The second-order valence-corrected chi connectivity index (χ2v) is 5.07. The second-order valence-electron chi connectivity index (χ2n) is 4.15. The highest BCUT2D eigenvalue weighted by Gasteiger charge is 2.16. The van der Waals surface area contributed by atoms with E-state index < -0.39 is 0 Å². The lowest BCUT2D eigenvalue weighted by molar-refractivity contribution is 0.108. The number of hydrogen-bond acceptors (Lipinski definition) is 3. The fourth-order valence-corrected chi connectivity index (χ4v) is 2.41. The topological polar surface area (TPSA) is 55.0 Å². The Labute approximate surface area is 112 Å². The Bertz CT molecular complexity index is 652. The van der Waals surface area contributed by atoms with E-state index in [1.807, 2.05) is 24.3 Å². The standard InChI is InChI=1S/C13H11BrN2O2/c14-9-3-1-2-8(6-9)12-15-11-4-5-18-7-10(11)13(17)16-12/h1-3,6H,4-5,7H2,(H,15,16,17). The molecule has 1 aromatic carbocycles. The summed E-state index contributed by atoms with van der Waals surface area (Å²) >= 11 is 3.41. The summed E-state index contributed by atoms with van der Waals surface area (Å²) in [6.07, 6.45) is 0.695. The minimum atomic E-state index is -0.102. The zero-order chi connectivity index (χ0) is 12.5. The van der Waals surface area contributed by atoms with Crippen LogP contribution in [0.2, 0.25) is 0 Å². The van der Waals surface area contributed by atoms with Crippen molar-refractivity contribution in [1.82, 2.24) is 9.97 Å². The van der Waals surface area contributed by atoms with Gasteiger partial charge >= 0.3 is 0 Å². The zero-order valence-electron chi connectivity index (χ0n) is 9.57. The highest BCUT2D eigenvalue weighted by Crippen LogP contribution is 2.20. The van der Waals surface area contributed by atoms with Gasteiger partial charge in [0.05, 0.1) is 24.5 Å². The molecule has 0 saturated carbocycles. The van der Waals surface area contributed by atoms with Crippen molar-refractivity contribution in [3.8, 4) is 11.4 Å². The number of H-pyrrole nitrogens is 1. The normalized spacial score (nSPS) is 14.3. The maximum Gasteiger partial charge on any atom is 0.256 e. The molecule has 3 rings (SSSR count). The third kappa shape index (κ3) is 2.11. The van der Waals surface area contributed by atoms with Crippen molar-refractivity contribution in [2.75, 3.05) is 6.61 Å². The number of aromatic nitrogens is 2. The van der Waals surface area contributed by atoms with Crippen LogP contribution in [-0.4, -0.2) is 16.6 Å². The van der Waals surface area contributed by atoms with Gasteiger partial charge in [0, 0.05) is 16.5 Å². The molecule has 0 aliphatic carbocycles. The molecule has 18 heavy (non-hydrogen) atoms. The Morgan fingerprint density at radius 2 is 2.28 bits per heavy atom. The first-order chi connectivity index (χ1) is 8.74. The number of rotatable bonds is 1. The van der Waals surface area contributed by atoms with E-state index >= 15 is 0 Å². The number of nitrogens with zero attached hydrogens (tertiary/aromatic N) is 1. The van der Waals surface area contributed by atoms with Crippen LogP contribution in [0.5, 0.6) is 0 Å². The third-order valence-electron chi connectivity index (χ3n) is 2.93. The second kappa shape index (κ2) is 4.66. The SMILES string of the molecule is O=c1[nH]c(-c2cccc(Br)c2)nc2c1COCC2. The Morgan fingerprint density at radius 3 is 3.11 bits per heavy atom. The van der Waals surface area contributed by atoms with Gasteiger partial charge in [-0.1, -0.05) is 28.1 Å². The molecule has 0 radical (unpaired) electrons. The van der Waals surface area contributed by atoms with Gasteiger partial charge in [-0.2, -0.15) is 0 Å². The van der Waals surface area contributed by atoms with E-state index in [0.29, 0.717) is 31.0 Å². The number of nitrogens with one attached hydrogen (secondary N) is 1. The fourth-order valence-electron chi connectivity index (χ4n) is 2.02. The van der Waals surface area contributed by atoms with E-state index in [4.69, 9.17) is 4.74 Å². The van der Waals surface area contributed by atoms with Crippen molar-refractivity contribution in [2.24, 2.45) is 0 Å². The van der Waals surface area contributed by atoms with Gasteiger partial charge in [-0.25, -0.2) is 4.98 Å². The molecule has 0 fully saturated rings. The first-order valence-corrected chi connectivity index (χ1v) is 6.49. The molecule has 0 saturated heterocycles. The lowest BCUT2D eigenvalue weighted by Crippen LogP contribution is -2.24. The maximum absolute atomic E-state index is 12.0. The number of benzene rings is 1. The fraction of sp³-hybridized carbons (Fsp3) is 0.231. The summed E-state index contributed by atoms with van der Waals surface area (Å²) in [5.74, 6) is 0.613. The molecule has 1 aromatic heterocycles. The van der Waals surface area contributed by atoms with Crippen LogP contribution in [-0.2, 0) is 17.8 Å². The molecular formula is C13H11BrN2O2. The lowest BCUT2D eigenvalue weighted by Gasteiger charge is -2.15. The zero-order valence-corrected chi connectivity index (χ0v) is 11.2. The van der Waals surface area contributed by atoms with E-state index in [1.54, 1.807) is 0 Å². The van der Waals surface area contributed by atoms with Crippen molar-refractivity contribution in [1.29, 1.82) is 0 Å². The minimum absolute atomic E-state index is 0.102. The average Bonchev–Trinajstić information content (AvgIpc) is 2.39. The van der Waals surface area contributed by atoms with Crippen molar-refractivity contribution in [2.45, 2.75) is 13.0 Å². The monoisotopic (exact) mass is 306 g/mol. The summed E-state index contributed by atoms with van der Waals surface area (Å²) in [5.41, 5.74) is 2.30. The van der Waals surface area contributed by atoms with Gasteiger partial charge in [0.1, 0.15) is 5.82 Å². The molecule has 1 aliphatic heterocycles. The molecule has 0 atom stereocenters. The van der Waals surface area contributed by atoms with Crippen LogP contribution in [0.3, 0.4) is 0 Å². The molecule has 1 N–H and O–H groups in total. The van der Waals surface area contributed by atoms with Gasteiger partial charge in [-0.15, -0.1) is 0 Å². The van der Waals surface area contributed by atoms with E-state index in [0.717, 1.165) is 15.7 Å². The predicted molar refractivity (Wildman–Crippen MR) is 71.4 cm³/mol. The van der Waals surface area contributed by atoms with Crippen LogP contribution in [0.25, 0.3) is 11.4 Å². The summed E-state index contributed by atoms with van der Waals surface area (Å²) in [4.78, 5) is 19.3. The molecule has 0 amide bonds. The number of hydrogen-bond donors (Lipinski definition) is 1.